The molecular weight excluding hydrogens is 268 g/mol. The maximum atomic E-state index is 6.00. The van der Waals surface area contributed by atoms with E-state index in [1.54, 1.807) is 12.4 Å². The molecule has 106 valence electrons. The Morgan fingerprint density at radius 3 is 2.67 bits per heavy atom. The molecule has 1 spiro atoms. The van der Waals surface area contributed by atoms with Crippen LogP contribution < -0.4 is 10.5 Å². The number of benzene rings is 1. The predicted octanol–water partition coefficient (Wildman–Crippen LogP) is 1.16. The molecule has 0 radical (unpaired) electrons. The van der Waals surface area contributed by atoms with E-state index in [2.05, 4.69) is 15.0 Å². The van der Waals surface area contributed by atoms with E-state index < -0.39 is 0 Å². The van der Waals surface area contributed by atoms with Crippen molar-refractivity contribution in [3.8, 4) is 16.9 Å². The van der Waals surface area contributed by atoms with Gasteiger partial charge in [0.05, 0.1) is 0 Å². The third-order valence-corrected chi connectivity index (χ3v) is 3.81. The van der Waals surface area contributed by atoms with E-state index in [0.29, 0.717) is 13.2 Å². The lowest BCUT2D eigenvalue weighted by atomic mass is 9.88. The number of fused-ring (bicyclic) bond motifs is 1. The molecule has 0 unspecified atom stereocenters. The number of aromatic nitrogens is 2. The number of para-hydroxylation sites is 1. The Morgan fingerprint density at radius 1 is 1.10 bits per heavy atom. The van der Waals surface area contributed by atoms with Crippen molar-refractivity contribution in [1.82, 2.24) is 9.97 Å². The van der Waals surface area contributed by atoms with Crippen molar-refractivity contribution in [3.05, 3.63) is 42.5 Å². The van der Waals surface area contributed by atoms with Crippen molar-refractivity contribution < 1.29 is 9.47 Å². The van der Waals surface area contributed by atoms with Crippen LogP contribution >= 0.6 is 0 Å². The molecule has 1 aromatic heterocycles. The molecule has 0 fully saturated rings. The average Bonchev–Trinajstić information content (AvgIpc) is 2.88. The summed E-state index contributed by atoms with van der Waals surface area (Å²) in [4.78, 5) is 12.5. The van der Waals surface area contributed by atoms with Crippen LogP contribution in [0.3, 0.4) is 0 Å². The first kappa shape index (κ1) is 12.1. The van der Waals surface area contributed by atoms with Gasteiger partial charge in [0.15, 0.2) is 0 Å². The van der Waals surface area contributed by atoms with Gasteiger partial charge in [-0.3, -0.25) is 0 Å². The van der Waals surface area contributed by atoms with Crippen molar-refractivity contribution in [2.45, 2.75) is 12.0 Å². The molecule has 0 amide bonds. The molecule has 0 bridgehead atoms. The first-order valence-corrected chi connectivity index (χ1v) is 6.74. The van der Waals surface area contributed by atoms with Crippen LogP contribution in [0, 0.1) is 0 Å². The smallest absolute Gasteiger partial charge is 0.282 e. The van der Waals surface area contributed by atoms with E-state index in [1.165, 1.54) is 6.33 Å². The highest BCUT2D eigenvalue weighted by atomic mass is 16.5. The predicted molar refractivity (Wildman–Crippen MR) is 77.0 cm³/mol. The van der Waals surface area contributed by atoms with E-state index in [1.807, 2.05) is 18.2 Å². The molecule has 21 heavy (non-hydrogen) atoms. The SMILES string of the molecule is NC1=N[C@]2(CO1)COc1c(cccc1-c1cncnc1)C2. The van der Waals surface area contributed by atoms with Gasteiger partial charge in [0, 0.05) is 29.9 Å². The number of ether oxygens (including phenoxy) is 2. The summed E-state index contributed by atoms with van der Waals surface area (Å²) in [6.45, 7) is 0.933. The Morgan fingerprint density at radius 2 is 1.90 bits per heavy atom. The highest BCUT2D eigenvalue weighted by Crippen LogP contribution is 2.40. The molecule has 0 aliphatic carbocycles. The lowest BCUT2D eigenvalue weighted by molar-refractivity contribution is 0.153. The van der Waals surface area contributed by atoms with Gasteiger partial charge in [0.1, 0.15) is 30.8 Å². The average molecular weight is 282 g/mol. The van der Waals surface area contributed by atoms with Crippen molar-refractivity contribution in [1.29, 1.82) is 0 Å². The first-order valence-electron chi connectivity index (χ1n) is 6.74. The minimum absolute atomic E-state index is 0.245. The standard InChI is InChI=1S/C15H14N4O2/c16-14-19-15(8-21-14)4-10-2-1-3-12(13(10)20-7-15)11-5-17-9-18-6-11/h1-3,5-6,9H,4,7-8H2,(H2,16,19)/t15-/m0/s1. The molecule has 0 saturated heterocycles. The normalized spacial score (nSPS) is 23.1. The fourth-order valence-corrected chi connectivity index (χ4v) is 2.84. The summed E-state index contributed by atoms with van der Waals surface area (Å²) in [6, 6.07) is 6.31. The van der Waals surface area contributed by atoms with E-state index >= 15 is 0 Å². The number of hydrogen-bond acceptors (Lipinski definition) is 6. The minimum Gasteiger partial charge on any atom is -0.490 e. The van der Waals surface area contributed by atoms with Crippen LogP contribution in [0.1, 0.15) is 5.56 Å². The zero-order valence-corrected chi connectivity index (χ0v) is 11.3. The van der Waals surface area contributed by atoms with E-state index in [-0.39, 0.29) is 11.6 Å². The summed E-state index contributed by atoms with van der Waals surface area (Å²) in [6.07, 6.45) is 5.84. The Balaban J connectivity index is 1.75. The molecule has 2 aromatic rings. The monoisotopic (exact) mass is 282 g/mol. The number of hydrogen-bond donors (Lipinski definition) is 1. The lowest BCUT2D eigenvalue weighted by Crippen LogP contribution is -2.41. The summed E-state index contributed by atoms with van der Waals surface area (Å²) in [5.41, 5.74) is 8.29. The van der Waals surface area contributed by atoms with Crippen molar-refractivity contribution >= 4 is 6.02 Å². The van der Waals surface area contributed by atoms with Gasteiger partial charge < -0.3 is 15.2 Å². The van der Waals surface area contributed by atoms with Gasteiger partial charge in [0.25, 0.3) is 6.02 Å². The number of amidine groups is 1. The van der Waals surface area contributed by atoms with Crippen LogP contribution in [0.15, 0.2) is 41.9 Å². The van der Waals surface area contributed by atoms with Crippen molar-refractivity contribution in [3.63, 3.8) is 0 Å². The molecule has 2 aliphatic heterocycles. The second-order valence-electron chi connectivity index (χ2n) is 5.35. The third kappa shape index (κ3) is 1.99. The zero-order chi connectivity index (χ0) is 14.3. The van der Waals surface area contributed by atoms with Crippen LogP contribution in [0.5, 0.6) is 5.75 Å². The van der Waals surface area contributed by atoms with Gasteiger partial charge in [-0.05, 0) is 5.56 Å². The zero-order valence-electron chi connectivity index (χ0n) is 11.3. The maximum absolute atomic E-state index is 6.00. The van der Waals surface area contributed by atoms with Gasteiger partial charge in [0.2, 0.25) is 0 Å². The Bertz CT molecular complexity index is 717. The second-order valence-corrected chi connectivity index (χ2v) is 5.35. The fourth-order valence-electron chi connectivity index (χ4n) is 2.84. The number of aliphatic imine (C=N–C) groups is 1. The fraction of sp³-hybridized carbons (Fsp3) is 0.267. The molecule has 4 rings (SSSR count). The topological polar surface area (TPSA) is 82.6 Å². The van der Waals surface area contributed by atoms with Crippen LogP contribution in [-0.2, 0) is 11.2 Å². The number of nitrogens with two attached hydrogens (primary N) is 1. The summed E-state index contributed by atoms with van der Waals surface area (Å²) in [7, 11) is 0. The molecule has 6 heteroatoms. The molecular formula is C15H14N4O2. The highest BCUT2D eigenvalue weighted by molar-refractivity contribution is 5.75. The Kier molecular flexibility index (Phi) is 2.57. The molecule has 6 nitrogen and oxygen atoms in total. The summed E-state index contributed by atoms with van der Waals surface area (Å²) in [5, 5.41) is 0. The molecule has 1 aromatic carbocycles. The maximum Gasteiger partial charge on any atom is 0.282 e. The quantitative estimate of drug-likeness (QED) is 0.848. The van der Waals surface area contributed by atoms with E-state index in [0.717, 1.165) is 28.9 Å². The molecule has 1 atom stereocenters. The van der Waals surface area contributed by atoms with Crippen LogP contribution in [0.4, 0.5) is 0 Å². The van der Waals surface area contributed by atoms with E-state index in [9.17, 15) is 0 Å². The summed E-state index contributed by atoms with van der Waals surface area (Å²) >= 11 is 0. The van der Waals surface area contributed by atoms with Crippen LogP contribution in [-0.4, -0.2) is 34.7 Å². The summed E-state index contributed by atoms with van der Waals surface area (Å²) < 4.78 is 11.3. The lowest BCUT2D eigenvalue weighted by Gasteiger charge is -2.31. The molecule has 2 N–H and O–H groups in total. The first-order chi connectivity index (χ1) is 10.3. The number of rotatable bonds is 1. The molecule has 3 heterocycles. The van der Waals surface area contributed by atoms with Crippen molar-refractivity contribution in [2.24, 2.45) is 10.7 Å². The van der Waals surface area contributed by atoms with Gasteiger partial charge in [-0.1, -0.05) is 18.2 Å². The molecule has 2 aliphatic rings. The van der Waals surface area contributed by atoms with Gasteiger partial charge in [-0.2, -0.15) is 0 Å². The van der Waals surface area contributed by atoms with Gasteiger partial charge in [-0.15, -0.1) is 0 Å². The highest BCUT2D eigenvalue weighted by Gasteiger charge is 2.41. The third-order valence-electron chi connectivity index (χ3n) is 3.81. The van der Waals surface area contributed by atoms with Crippen LogP contribution in [0.2, 0.25) is 0 Å². The summed E-state index contributed by atoms with van der Waals surface area (Å²) in [5.74, 6) is 0.874. The Labute approximate surface area is 121 Å². The van der Waals surface area contributed by atoms with Gasteiger partial charge >= 0.3 is 0 Å². The van der Waals surface area contributed by atoms with Crippen LogP contribution in [0.25, 0.3) is 11.1 Å². The Hall–Kier alpha value is -2.63. The largest absolute Gasteiger partial charge is 0.490 e. The number of nitrogens with zero attached hydrogens (tertiary/aromatic N) is 3. The van der Waals surface area contributed by atoms with E-state index in [4.69, 9.17) is 15.2 Å². The minimum atomic E-state index is -0.386. The second kappa shape index (κ2) is 4.44. The molecule has 0 saturated carbocycles. The van der Waals surface area contributed by atoms with Crippen molar-refractivity contribution in [2.75, 3.05) is 13.2 Å². The van der Waals surface area contributed by atoms with Gasteiger partial charge in [-0.25, -0.2) is 15.0 Å².